The maximum atomic E-state index is 11.9. The van der Waals surface area contributed by atoms with Crippen LogP contribution in [-0.4, -0.2) is 10.7 Å². The van der Waals surface area contributed by atoms with Crippen molar-refractivity contribution in [2.45, 2.75) is 45.1 Å². The van der Waals surface area contributed by atoms with Crippen LogP contribution in [0.25, 0.3) is 22.8 Å². The average molecular weight is 550 g/mol. The first-order valence-corrected chi connectivity index (χ1v) is 14.6. The van der Waals surface area contributed by atoms with Gasteiger partial charge in [-0.25, -0.2) is 0 Å². The number of benzene rings is 5. The van der Waals surface area contributed by atoms with Crippen LogP contribution in [0, 0.1) is 0 Å². The van der Waals surface area contributed by atoms with Gasteiger partial charge in [0.2, 0.25) is 0 Å². The minimum Gasteiger partial charge on any atom is -0.505 e. The Hall–Kier alpha value is -4.76. The molecule has 7 rings (SSSR count). The highest BCUT2D eigenvalue weighted by atomic mass is 16.5. The normalized spacial score (nSPS) is 17.0. The number of aromatic hydroxyl groups is 1. The van der Waals surface area contributed by atoms with Gasteiger partial charge in [0.25, 0.3) is 0 Å². The molecular formula is C39H35NO2. The molecule has 3 heteroatoms. The van der Waals surface area contributed by atoms with Gasteiger partial charge in [-0.05, 0) is 64.2 Å². The van der Waals surface area contributed by atoms with Crippen molar-refractivity contribution >= 4 is 28.7 Å². The van der Waals surface area contributed by atoms with E-state index in [0.29, 0.717) is 5.69 Å². The van der Waals surface area contributed by atoms with E-state index in [9.17, 15) is 5.11 Å². The molecule has 0 bridgehead atoms. The summed E-state index contributed by atoms with van der Waals surface area (Å²) in [6.07, 6.45) is 3.10. The Morgan fingerprint density at radius 2 is 1.50 bits per heavy atom. The summed E-state index contributed by atoms with van der Waals surface area (Å²) >= 11 is 0. The third kappa shape index (κ3) is 4.28. The number of phenolic OH excluding ortho intramolecular Hbond substituents is 1. The van der Waals surface area contributed by atoms with Gasteiger partial charge in [-0.15, -0.1) is 0 Å². The molecule has 1 aliphatic heterocycles. The van der Waals surface area contributed by atoms with E-state index in [2.05, 4.69) is 118 Å². The van der Waals surface area contributed by atoms with Crippen LogP contribution in [-0.2, 0) is 5.41 Å². The van der Waals surface area contributed by atoms with Crippen molar-refractivity contribution in [2.24, 2.45) is 0 Å². The largest absolute Gasteiger partial charge is 0.505 e. The van der Waals surface area contributed by atoms with Crippen molar-refractivity contribution < 1.29 is 9.84 Å². The summed E-state index contributed by atoms with van der Waals surface area (Å²) in [5, 5.41) is 14.4. The van der Waals surface area contributed by atoms with Crippen LogP contribution in [0.15, 0.2) is 115 Å². The zero-order valence-electron chi connectivity index (χ0n) is 24.6. The highest BCUT2D eigenvalue weighted by Gasteiger charge is 2.41. The van der Waals surface area contributed by atoms with Gasteiger partial charge in [-0.2, -0.15) is 0 Å². The van der Waals surface area contributed by atoms with Crippen molar-refractivity contribution in [2.75, 3.05) is 4.90 Å². The molecule has 0 spiro atoms. The molecule has 1 N–H and O–H groups in total. The van der Waals surface area contributed by atoms with Crippen molar-refractivity contribution in [3.8, 4) is 22.6 Å². The second-order valence-corrected chi connectivity index (χ2v) is 12.6. The highest BCUT2D eigenvalue weighted by Crippen LogP contribution is 2.50. The third-order valence-corrected chi connectivity index (χ3v) is 8.61. The van der Waals surface area contributed by atoms with Crippen LogP contribution in [0.1, 0.15) is 45.2 Å². The number of hydrogen-bond donors (Lipinski definition) is 1. The third-order valence-electron chi connectivity index (χ3n) is 8.61. The Balaban J connectivity index is 1.39. The zero-order valence-corrected chi connectivity index (χ0v) is 24.6. The average Bonchev–Trinajstić information content (AvgIpc) is 3.30. The van der Waals surface area contributed by atoms with Gasteiger partial charge >= 0.3 is 0 Å². The fourth-order valence-electron chi connectivity index (χ4n) is 6.40. The fourth-order valence-corrected chi connectivity index (χ4v) is 6.40. The minimum absolute atomic E-state index is 0.00777. The molecule has 5 aromatic rings. The number of para-hydroxylation sites is 2. The molecule has 2 aliphatic rings. The van der Waals surface area contributed by atoms with Gasteiger partial charge in [-0.3, -0.25) is 0 Å². The fraction of sp³-hybridized carbons (Fsp3) is 0.179. The lowest BCUT2D eigenvalue weighted by Crippen LogP contribution is -2.41. The highest BCUT2D eigenvalue weighted by molar-refractivity contribution is 5.89. The van der Waals surface area contributed by atoms with Gasteiger partial charge in [0.05, 0.1) is 5.69 Å². The molecule has 1 unspecified atom stereocenters. The van der Waals surface area contributed by atoms with Crippen molar-refractivity contribution in [1.82, 2.24) is 0 Å². The topological polar surface area (TPSA) is 32.7 Å². The van der Waals surface area contributed by atoms with Crippen LogP contribution in [0.3, 0.4) is 0 Å². The molecule has 0 radical (unpaired) electrons. The Morgan fingerprint density at radius 3 is 2.31 bits per heavy atom. The summed E-state index contributed by atoms with van der Waals surface area (Å²) in [6.45, 7) is 8.81. The van der Waals surface area contributed by atoms with E-state index in [0.717, 1.165) is 40.2 Å². The Kier molecular flexibility index (Phi) is 6.02. The molecule has 0 fully saturated rings. The number of nitrogens with zero attached hydrogens (tertiary/aromatic N) is 1. The zero-order chi connectivity index (χ0) is 29.1. The second kappa shape index (κ2) is 9.66. The lowest BCUT2D eigenvalue weighted by molar-refractivity contribution is 0.173. The molecule has 0 saturated carbocycles. The molecule has 0 amide bonds. The van der Waals surface area contributed by atoms with Crippen LogP contribution in [0.4, 0.5) is 17.1 Å². The first-order chi connectivity index (χ1) is 20.2. The standard InChI is InChI=1S/C39H35NO2/c1-38(2,3)28-14-10-13-27(24-28)32-18-11-19-34(37(32)41)40(29-15-6-5-7-16-29)30-20-21-33-35(25-30)42-39(4)23-22-26-12-8-9-17-31(26)36(33)39/h5-22,24-25,41H,23H2,1-4H3. The van der Waals surface area contributed by atoms with Crippen LogP contribution in [0.2, 0.25) is 0 Å². The lowest BCUT2D eigenvalue weighted by Gasteiger charge is -2.28. The number of rotatable bonds is 4. The Morgan fingerprint density at radius 1 is 0.738 bits per heavy atom. The number of anilines is 3. The van der Waals surface area contributed by atoms with E-state index in [-0.39, 0.29) is 11.2 Å². The summed E-state index contributed by atoms with van der Waals surface area (Å²) in [6, 6.07) is 39.7. The molecule has 5 aromatic carbocycles. The molecule has 0 saturated heterocycles. The van der Waals surface area contributed by atoms with Crippen molar-refractivity contribution in [1.29, 1.82) is 0 Å². The monoisotopic (exact) mass is 549 g/mol. The lowest BCUT2D eigenvalue weighted by atomic mass is 9.83. The van der Waals surface area contributed by atoms with Gasteiger partial charge in [-0.1, -0.05) is 106 Å². The molecule has 0 aromatic heterocycles. The van der Waals surface area contributed by atoms with Gasteiger partial charge in [0, 0.05) is 40.6 Å². The maximum absolute atomic E-state index is 11.9. The molecule has 1 aliphatic carbocycles. The summed E-state index contributed by atoms with van der Waals surface area (Å²) in [7, 11) is 0. The first kappa shape index (κ1) is 26.2. The number of ether oxygens (including phenoxy) is 1. The summed E-state index contributed by atoms with van der Waals surface area (Å²) < 4.78 is 6.73. The molecule has 3 nitrogen and oxygen atoms in total. The predicted octanol–water partition coefficient (Wildman–Crippen LogP) is 8.36. The Bertz CT molecular complexity index is 1950. The van der Waals surface area contributed by atoms with Crippen LogP contribution >= 0.6 is 0 Å². The van der Waals surface area contributed by atoms with Gasteiger partial charge in [0.15, 0.2) is 0 Å². The van der Waals surface area contributed by atoms with Gasteiger partial charge in [0.1, 0.15) is 17.1 Å². The second-order valence-electron chi connectivity index (χ2n) is 12.6. The number of phenols is 1. The number of fused-ring (bicyclic) bond motifs is 4. The minimum atomic E-state index is -0.410. The van der Waals surface area contributed by atoms with E-state index >= 15 is 0 Å². The van der Waals surface area contributed by atoms with E-state index in [4.69, 9.17) is 4.74 Å². The SMILES string of the molecule is CC12CC=c3ccccc3=C1c1ccc(N(c3ccccc3)c3cccc(-c4cccc(C(C)(C)C)c4)c3O)cc1O2. The molecule has 42 heavy (non-hydrogen) atoms. The summed E-state index contributed by atoms with van der Waals surface area (Å²) in [5.41, 5.74) is 7.61. The number of hydrogen-bond acceptors (Lipinski definition) is 3. The van der Waals surface area contributed by atoms with Crippen LogP contribution in [0.5, 0.6) is 11.5 Å². The summed E-state index contributed by atoms with van der Waals surface area (Å²) in [5.74, 6) is 1.11. The van der Waals surface area contributed by atoms with E-state index < -0.39 is 5.60 Å². The molecule has 1 atom stereocenters. The van der Waals surface area contributed by atoms with Crippen LogP contribution < -0.4 is 20.1 Å². The van der Waals surface area contributed by atoms with Gasteiger partial charge < -0.3 is 14.7 Å². The smallest absolute Gasteiger partial charge is 0.147 e. The predicted molar refractivity (Wildman–Crippen MR) is 173 cm³/mol. The molecule has 208 valence electrons. The maximum Gasteiger partial charge on any atom is 0.147 e. The molecular weight excluding hydrogens is 514 g/mol. The van der Waals surface area contributed by atoms with Crippen molar-refractivity contribution in [3.05, 3.63) is 137 Å². The quantitative estimate of drug-likeness (QED) is 0.244. The summed E-state index contributed by atoms with van der Waals surface area (Å²) in [4.78, 5) is 2.12. The molecule has 1 heterocycles. The van der Waals surface area contributed by atoms with E-state index in [1.54, 1.807) is 0 Å². The van der Waals surface area contributed by atoms with Crippen molar-refractivity contribution in [3.63, 3.8) is 0 Å². The van der Waals surface area contributed by atoms with E-state index in [1.807, 2.05) is 36.4 Å². The van der Waals surface area contributed by atoms with E-state index in [1.165, 1.54) is 21.6 Å². The first-order valence-electron chi connectivity index (χ1n) is 14.6. The Labute approximate surface area is 247 Å².